The van der Waals surface area contributed by atoms with E-state index in [4.69, 9.17) is 14.2 Å². The molecule has 1 aliphatic rings. The van der Waals surface area contributed by atoms with E-state index in [2.05, 4.69) is 26.3 Å². The van der Waals surface area contributed by atoms with E-state index in [0.29, 0.717) is 67.0 Å². The minimum atomic E-state index is -0.802. The highest BCUT2D eigenvalue weighted by Gasteiger charge is 2.28. The van der Waals surface area contributed by atoms with Crippen molar-refractivity contribution in [3.8, 4) is 27.3 Å². The second-order valence-corrected chi connectivity index (χ2v) is 14.9. The van der Waals surface area contributed by atoms with Crippen LogP contribution < -0.4 is 26.0 Å². The first kappa shape index (κ1) is 40.4. The van der Waals surface area contributed by atoms with Gasteiger partial charge in [0.25, 0.3) is 17.7 Å². The first-order chi connectivity index (χ1) is 26.2. The molecule has 0 saturated carbocycles. The SMILES string of the molecule is CCCNC(=O)c1ccc(-c2cc3c(cc2C(=O)Nc2c(C)cc(CNC(=O)OC(C)(C)C)cc2C(=O)NCCC)-c2sccc2CCO3)c(C(=O)OC)n1. The number of rotatable bonds is 12. The number of nitrogens with zero attached hydrogens (tertiary/aromatic N) is 1. The van der Waals surface area contributed by atoms with Crippen LogP contribution in [0.5, 0.6) is 5.75 Å². The lowest BCUT2D eigenvalue weighted by Crippen LogP contribution is -2.32. The number of amides is 4. The molecule has 0 atom stereocenters. The molecule has 0 aliphatic carbocycles. The van der Waals surface area contributed by atoms with Crippen LogP contribution in [-0.4, -0.2) is 67.2 Å². The van der Waals surface area contributed by atoms with E-state index in [-0.39, 0.29) is 40.3 Å². The average Bonchev–Trinajstić information content (AvgIpc) is 3.55. The topological polar surface area (TPSA) is 174 Å². The molecule has 0 unspecified atom stereocenters. The lowest BCUT2D eigenvalue weighted by atomic mass is 9.93. The standard InChI is InChI=1S/C41H47N5O8S/c1-8-14-42-36(47)30-19-24(22-44-40(51)54-41(4,5)6)18-23(3)33(30)46-37(48)28-20-29-32(53-16-12-25-13-17-55-35(25)29)21-27(28)26-10-11-31(38(49)43-15-9-2)45-34(26)39(50)52-7/h10-11,13,17-21H,8-9,12,14-16,22H2,1-7H3,(H,42,47)(H,43,49)(H,44,51)(H,46,48). The van der Waals surface area contributed by atoms with Crippen LogP contribution in [-0.2, 0) is 22.4 Å². The number of fused-ring (bicyclic) bond motifs is 3. The summed E-state index contributed by atoms with van der Waals surface area (Å²) < 4.78 is 16.7. The van der Waals surface area contributed by atoms with E-state index in [1.54, 1.807) is 58.0 Å². The quantitative estimate of drug-likeness (QED) is 0.110. The molecule has 3 heterocycles. The zero-order valence-electron chi connectivity index (χ0n) is 32.2. The van der Waals surface area contributed by atoms with Gasteiger partial charge in [0.1, 0.15) is 17.0 Å². The molecule has 14 heteroatoms. The van der Waals surface area contributed by atoms with Gasteiger partial charge in [0.2, 0.25) is 0 Å². The Bertz CT molecular complexity index is 2120. The van der Waals surface area contributed by atoms with Crippen LogP contribution in [0, 0.1) is 6.92 Å². The summed E-state index contributed by atoms with van der Waals surface area (Å²) in [4.78, 5) is 72.2. The fraction of sp³-hybridized carbons (Fsp3) is 0.366. The van der Waals surface area contributed by atoms with Gasteiger partial charge in [-0.15, -0.1) is 11.3 Å². The summed E-state index contributed by atoms with van der Waals surface area (Å²) in [6, 6.07) is 11.9. The highest BCUT2D eigenvalue weighted by Crippen LogP contribution is 2.43. The summed E-state index contributed by atoms with van der Waals surface area (Å²) in [6.07, 6.45) is 1.45. The predicted octanol–water partition coefficient (Wildman–Crippen LogP) is 7.06. The van der Waals surface area contributed by atoms with Crippen LogP contribution >= 0.6 is 11.3 Å². The molecule has 13 nitrogen and oxygen atoms in total. The summed E-state index contributed by atoms with van der Waals surface area (Å²) in [6.45, 7) is 12.2. The van der Waals surface area contributed by atoms with Crippen LogP contribution in [0.4, 0.5) is 10.5 Å². The Balaban J connectivity index is 1.64. The largest absolute Gasteiger partial charge is 0.493 e. The molecule has 4 amide bonds. The highest BCUT2D eigenvalue weighted by atomic mass is 32.1. The number of hydrogen-bond donors (Lipinski definition) is 4. The Morgan fingerprint density at radius 3 is 2.27 bits per heavy atom. The summed E-state index contributed by atoms with van der Waals surface area (Å²) in [5.41, 5.74) is 3.28. The number of carbonyl (C=O) groups is 5. The molecule has 5 rings (SSSR count). The van der Waals surface area contributed by atoms with Crippen molar-refractivity contribution < 1.29 is 38.2 Å². The molecule has 290 valence electrons. The number of thiophene rings is 1. The third kappa shape index (κ3) is 9.68. The van der Waals surface area contributed by atoms with Gasteiger partial charge in [-0.05, 0) is 99.0 Å². The molecular formula is C41H47N5O8S. The van der Waals surface area contributed by atoms with Crippen molar-refractivity contribution in [2.45, 2.75) is 73.0 Å². The number of benzene rings is 2. The first-order valence-corrected chi connectivity index (χ1v) is 19.1. The molecule has 1 aliphatic heterocycles. The van der Waals surface area contributed by atoms with Crippen LogP contribution in [0.15, 0.2) is 47.8 Å². The maximum atomic E-state index is 14.7. The van der Waals surface area contributed by atoms with Crippen molar-refractivity contribution in [3.05, 3.63) is 87.0 Å². The van der Waals surface area contributed by atoms with Gasteiger partial charge in [-0.25, -0.2) is 14.6 Å². The Kier molecular flexibility index (Phi) is 12.9. The molecular weight excluding hydrogens is 723 g/mol. The van der Waals surface area contributed by atoms with Gasteiger partial charge in [-0.1, -0.05) is 19.9 Å². The molecule has 55 heavy (non-hydrogen) atoms. The van der Waals surface area contributed by atoms with Crippen molar-refractivity contribution in [2.75, 3.05) is 32.1 Å². The molecule has 0 bridgehead atoms. The van der Waals surface area contributed by atoms with Crippen LogP contribution in [0.1, 0.15) is 106 Å². The monoisotopic (exact) mass is 769 g/mol. The van der Waals surface area contributed by atoms with Gasteiger partial charge < -0.3 is 35.5 Å². The van der Waals surface area contributed by atoms with E-state index in [1.807, 2.05) is 25.3 Å². The molecule has 0 fully saturated rings. The maximum absolute atomic E-state index is 14.7. The maximum Gasteiger partial charge on any atom is 0.407 e. The summed E-state index contributed by atoms with van der Waals surface area (Å²) >= 11 is 1.52. The van der Waals surface area contributed by atoms with E-state index < -0.39 is 35.4 Å². The number of anilines is 1. The predicted molar refractivity (Wildman–Crippen MR) is 211 cm³/mol. The van der Waals surface area contributed by atoms with Crippen LogP contribution in [0.25, 0.3) is 21.6 Å². The molecule has 0 spiro atoms. The van der Waals surface area contributed by atoms with Crippen molar-refractivity contribution in [2.24, 2.45) is 0 Å². The van der Waals surface area contributed by atoms with Crippen LogP contribution in [0.2, 0.25) is 0 Å². The van der Waals surface area contributed by atoms with Gasteiger partial charge in [0.05, 0.1) is 25.0 Å². The highest BCUT2D eigenvalue weighted by molar-refractivity contribution is 7.13. The molecule has 0 radical (unpaired) electrons. The lowest BCUT2D eigenvalue weighted by molar-refractivity contribution is 0.0521. The van der Waals surface area contributed by atoms with Crippen molar-refractivity contribution in [1.82, 2.24) is 20.9 Å². The normalized spacial score (nSPS) is 11.9. The molecule has 0 saturated heterocycles. The second kappa shape index (κ2) is 17.6. The second-order valence-electron chi connectivity index (χ2n) is 14.0. The third-order valence-electron chi connectivity index (χ3n) is 8.57. The van der Waals surface area contributed by atoms with E-state index in [9.17, 15) is 24.0 Å². The number of pyridine rings is 1. The number of ether oxygens (including phenoxy) is 3. The Labute approximate surface area is 324 Å². The smallest absolute Gasteiger partial charge is 0.407 e. The van der Waals surface area contributed by atoms with Gasteiger partial charge in [-0.2, -0.15) is 0 Å². The average molecular weight is 770 g/mol. The number of esters is 1. The minimum Gasteiger partial charge on any atom is -0.493 e. The number of methoxy groups -OCH3 is 1. The molecule has 4 N–H and O–H groups in total. The molecule has 4 aromatic rings. The van der Waals surface area contributed by atoms with Crippen molar-refractivity contribution >= 4 is 46.8 Å². The lowest BCUT2D eigenvalue weighted by Gasteiger charge is -2.21. The van der Waals surface area contributed by atoms with E-state index in [0.717, 1.165) is 10.4 Å². The van der Waals surface area contributed by atoms with E-state index in [1.165, 1.54) is 24.5 Å². The number of aryl methyl sites for hydroxylation is 1. The fourth-order valence-electron chi connectivity index (χ4n) is 6.02. The number of nitrogens with one attached hydrogen (secondary N) is 4. The summed E-state index contributed by atoms with van der Waals surface area (Å²) in [5, 5.41) is 13.4. The van der Waals surface area contributed by atoms with Gasteiger partial charge in [0, 0.05) is 53.2 Å². The minimum absolute atomic E-state index is 0.0115. The Hall–Kier alpha value is -5.76. The third-order valence-corrected chi connectivity index (χ3v) is 9.56. The molecule has 2 aromatic heterocycles. The van der Waals surface area contributed by atoms with E-state index >= 15 is 0 Å². The van der Waals surface area contributed by atoms with Gasteiger partial charge in [-0.3, -0.25) is 14.4 Å². The van der Waals surface area contributed by atoms with Gasteiger partial charge >= 0.3 is 12.1 Å². The fourth-order valence-corrected chi connectivity index (χ4v) is 7.00. The Morgan fingerprint density at radius 1 is 0.855 bits per heavy atom. The zero-order chi connectivity index (χ0) is 39.9. The number of aromatic nitrogens is 1. The summed E-state index contributed by atoms with van der Waals surface area (Å²) in [5.74, 6) is -1.74. The van der Waals surface area contributed by atoms with Crippen molar-refractivity contribution in [3.63, 3.8) is 0 Å². The number of alkyl carbamates (subject to hydrolysis) is 1. The summed E-state index contributed by atoms with van der Waals surface area (Å²) in [7, 11) is 1.21. The Morgan fingerprint density at radius 2 is 1.58 bits per heavy atom. The van der Waals surface area contributed by atoms with Gasteiger partial charge in [0.15, 0.2) is 5.69 Å². The first-order valence-electron chi connectivity index (χ1n) is 18.2. The zero-order valence-corrected chi connectivity index (χ0v) is 33.0. The number of hydrogen-bond acceptors (Lipinski definition) is 10. The molecule has 2 aromatic carbocycles. The van der Waals surface area contributed by atoms with Crippen molar-refractivity contribution in [1.29, 1.82) is 0 Å². The van der Waals surface area contributed by atoms with Crippen LogP contribution in [0.3, 0.4) is 0 Å². The number of carbonyl (C=O) groups excluding carboxylic acids is 5.